The van der Waals surface area contributed by atoms with Crippen molar-refractivity contribution in [2.75, 3.05) is 31.1 Å². The molecule has 0 aliphatic heterocycles. The first-order valence-corrected chi connectivity index (χ1v) is 8.60. The molecule has 0 N–H and O–H groups in total. The van der Waals surface area contributed by atoms with Gasteiger partial charge in [0.2, 0.25) is 0 Å². The second kappa shape index (κ2) is 8.73. The summed E-state index contributed by atoms with van der Waals surface area (Å²) in [6, 6.07) is 4.04. The van der Waals surface area contributed by atoms with E-state index in [9.17, 15) is 4.79 Å². The van der Waals surface area contributed by atoms with Gasteiger partial charge in [-0.25, -0.2) is 0 Å². The summed E-state index contributed by atoms with van der Waals surface area (Å²) in [7, 11) is 0. The highest BCUT2D eigenvalue weighted by Gasteiger charge is 2.09. The number of ketones is 1. The second-order valence-electron chi connectivity index (χ2n) is 4.12. The maximum atomic E-state index is 11.9. The van der Waals surface area contributed by atoms with Crippen molar-refractivity contribution in [3.63, 3.8) is 0 Å². The van der Waals surface area contributed by atoms with E-state index in [0.717, 1.165) is 36.7 Å². The number of nitrogens with zero attached hydrogens (tertiary/aromatic N) is 1. The van der Waals surface area contributed by atoms with Gasteiger partial charge in [0.25, 0.3) is 0 Å². The quantitative estimate of drug-likeness (QED) is 0.511. The van der Waals surface area contributed by atoms with Crippen LogP contribution in [0.4, 0.5) is 0 Å². The smallest absolute Gasteiger partial charge is 0.182 e. The van der Waals surface area contributed by atoms with E-state index in [1.165, 1.54) is 4.88 Å². The molecule has 0 aliphatic carbocycles. The van der Waals surface area contributed by atoms with Crippen molar-refractivity contribution < 1.29 is 4.79 Å². The van der Waals surface area contributed by atoms with Crippen molar-refractivity contribution in [1.82, 2.24) is 4.90 Å². The van der Waals surface area contributed by atoms with Crippen LogP contribution in [0.3, 0.4) is 0 Å². The zero-order chi connectivity index (χ0) is 13.4. The first-order valence-electron chi connectivity index (χ1n) is 6.63. The lowest BCUT2D eigenvalue weighted by molar-refractivity contribution is 0.102. The molecule has 2 nitrogen and oxygen atoms in total. The topological polar surface area (TPSA) is 20.3 Å². The fraction of sp³-hybridized carbons (Fsp3) is 0.643. The van der Waals surface area contributed by atoms with E-state index in [1.54, 1.807) is 23.1 Å². The van der Waals surface area contributed by atoms with Gasteiger partial charge < -0.3 is 4.90 Å². The Balaban J connectivity index is 2.25. The van der Waals surface area contributed by atoms with E-state index >= 15 is 0 Å². The van der Waals surface area contributed by atoms with Gasteiger partial charge in [0, 0.05) is 17.2 Å². The Kier molecular flexibility index (Phi) is 7.63. The van der Waals surface area contributed by atoms with E-state index < -0.39 is 0 Å². The number of thiophene rings is 1. The van der Waals surface area contributed by atoms with Crippen LogP contribution in [0, 0.1) is 0 Å². The molecule has 0 aromatic carbocycles. The third kappa shape index (κ3) is 5.12. The Labute approximate surface area is 119 Å². The molecule has 1 heterocycles. The summed E-state index contributed by atoms with van der Waals surface area (Å²) in [6.45, 7) is 9.74. The largest absolute Gasteiger partial charge is 0.303 e. The minimum Gasteiger partial charge on any atom is -0.303 e. The number of aryl methyl sites for hydroxylation is 1. The number of rotatable bonds is 9. The maximum absolute atomic E-state index is 11.9. The number of hydrogen-bond acceptors (Lipinski definition) is 4. The molecule has 0 bridgehead atoms. The van der Waals surface area contributed by atoms with Gasteiger partial charge in [-0.2, -0.15) is 11.8 Å². The van der Waals surface area contributed by atoms with E-state index in [0.29, 0.717) is 5.75 Å². The zero-order valence-electron chi connectivity index (χ0n) is 11.6. The highest BCUT2D eigenvalue weighted by Crippen LogP contribution is 2.19. The van der Waals surface area contributed by atoms with Gasteiger partial charge in [-0.1, -0.05) is 20.8 Å². The highest BCUT2D eigenvalue weighted by atomic mass is 32.2. The van der Waals surface area contributed by atoms with Crippen LogP contribution in [0.5, 0.6) is 0 Å². The van der Waals surface area contributed by atoms with Gasteiger partial charge in [0.1, 0.15) is 0 Å². The molecule has 4 heteroatoms. The van der Waals surface area contributed by atoms with Gasteiger partial charge in [-0.3, -0.25) is 4.79 Å². The third-order valence-corrected chi connectivity index (χ3v) is 5.17. The number of hydrogen-bond donors (Lipinski definition) is 0. The predicted octanol–water partition coefficient (Wildman–Crippen LogP) is 3.57. The van der Waals surface area contributed by atoms with Crippen LogP contribution in [-0.4, -0.2) is 41.8 Å². The molecular weight excluding hydrogens is 262 g/mol. The highest BCUT2D eigenvalue weighted by molar-refractivity contribution is 8.00. The van der Waals surface area contributed by atoms with Crippen LogP contribution in [0.25, 0.3) is 0 Å². The third-order valence-electron chi connectivity index (χ3n) is 2.96. The van der Waals surface area contributed by atoms with Crippen LogP contribution < -0.4 is 0 Å². The fourth-order valence-electron chi connectivity index (χ4n) is 1.69. The fourth-order valence-corrected chi connectivity index (χ4v) is 3.54. The average molecular weight is 285 g/mol. The van der Waals surface area contributed by atoms with Crippen molar-refractivity contribution in [1.29, 1.82) is 0 Å². The van der Waals surface area contributed by atoms with Crippen molar-refractivity contribution in [3.8, 4) is 0 Å². The lowest BCUT2D eigenvalue weighted by Gasteiger charge is -2.16. The lowest BCUT2D eigenvalue weighted by atomic mass is 10.3. The summed E-state index contributed by atoms with van der Waals surface area (Å²) in [5.74, 6) is 1.94. The van der Waals surface area contributed by atoms with E-state index in [2.05, 4.69) is 31.7 Å². The van der Waals surface area contributed by atoms with Crippen LogP contribution in [-0.2, 0) is 6.42 Å². The minimum atomic E-state index is 0.282. The summed E-state index contributed by atoms with van der Waals surface area (Å²) in [5, 5.41) is 0. The molecule has 0 aliphatic rings. The SMILES string of the molecule is CCc1ccc(C(=O)CSCCN(CC)CC)s1. The summed E-state index contributed by atoms with van der Waals surface area (Å²) < 4.78 is 0. The summed E-state index contributed by atoms with van der Waals surface area (Å²) in [5.41, 5.74) is 0. The molecule has 0 saturated carbocycles. The van der Waals surface area contributed by atoms with Gasteiger partial charge in [0.15, 0.2) is 5.78 Å². The Morgan fingerprint density at radius 1 is 1.28 bits per heavy atom. The minimum absolute atomic E-state index is 0.282. The number of carbonyl (C=O) groups is 1. The molecule has 0 spiro atoms. The predicted molar refractivity (Wildman–Crippen MR) is 83.1 cm³/mol. The van der Waals surface area contributed by atoms with Gasteiger partial charge in [0.05, 0.1) is 10.6 Å². The summed E-state index contributed by atoms with van der Waals surface area (Å²) in [6.07, 6.45) is 1.02. The second-order valence-corrected chi connectivity index (χ2v) is 6.40. The zero-order valence-corrected chi connectivity index (χ0v) is 13.2. The molecule has 0 radical (unpaired) electrons. The Morgan fingerprint density at radius 2 is 2.00 bits per heavy atom. The normalized spacial score (nSPS) is 11.1. The maximum Gasteiger partial charge on any atom is 0.182 e. The van der Waals surface area contributed by atoms with Crippen molar-refractivity contribution >= 4 is 28.9 Å². The van der Waals surface area contributed by atoms with E-state index in [1.807, 2.05) is 6.07 Å². The Morgan fingerprint density at radius 3 is 2.56 bits per heavy atom. The monoisotopic (exact) mass is 285 g/mol. The lowest BCUT2D eigenvalue weighted by Crippen LogP contribution is -2.25. The summed E-state index contributed by atoms with van der Waals surface area (Å²) in [4.78, 5) is 16.5. The van der Waals surface area contributed by atoms with Crippen LogP contribution >= 0.6 is 23.1 Å². The van der Waals surface area contributed by atoms with Gasteiger partial charge in [-0.05, 0) is 31.6 Å². The molecule has 1 aromatic heterocycles. The average Bonchev–Trinajstić information content (AvgIpc) is 2.87. The molecule has 1 aromatic rings. The number of thioether (sulfide) groups is 1. The van der Waals surface area contributed by atoms with Gasteiger partial charge in [-0.15, -0.1) is 11.3 Å². The molecular formula is C14H23NOS2. The van der Waals surface area contributed by atoms with E-state index in [-0.39, 0.29) is 5.78 Å². The number of carbonyl (C=O) groups excluding carboxylic acids is 1. The Bertz CT molecular complexity index is 358. The van der Waals surface area contributed by atoms with Crippen LogP contribution in [0.2, 0.25) is 0 Å². The van der Waals surface area contributed by atoms with Crippen LogP contribution in [0.1, 0.15) is 35.3 Å². The molecule has 1 rings (SSSR count). The Hall–Kier alpha value is -0.320. The molecule has 0 saturated heterocycles. The molecule has 0 amide bonds. The van der Waals surface area contributed by atoms with Gasteiger partial charge >= 0.3 is 0 Å². The molecule has 0 unspecified atom stereocenters. The van der Waals surface area contributed by atoms with Crippen molar-refractivity contribution in [3.05, 3.63) is 21.9 Å². The van der Waals surface area contributed by atoms with Crippen molar-refractivity contribution in [2.45, 2.75) is 27.2 Å². The van der Waals surface area contributed by atoms with Crippen molar-refractivity contribution in [2.24, 2.45) is 0 Å². The summed E-state index contributed by atoms with van der Waals surface area (Å²) >= 11 is 3.39. The standard InChI is InChI=1S/C14H23NOS2/c1-4-12-7-8-14(18-12)13(16)11-17-10-9-15(5-2)6-3/h7-8H,4-6,9-11H2,1-3H3. The molecule has 102 valence electrons. The molecule has 18 heavy (non-hydrogen) atoms. The van der Waals surface area contributed by atoms with E-state index in [4.69, 9.17) is 0 Å². The first kappa shape index (κ1) is 15.7. The number of Topliss-reactive ketones (excluding diaryl/α,β-unsaturated/α-hetero) is 1. The van der Waals surface area contributed by atoms with Crippen LogP contribution in [0.15, 0.2) is 12.1 Å². The molecule has 0 fully saturated rings. The first-order chi connectivity index (χ1) is 8.71. The molecule has 0 atom stereocenters.